The van der Waals surface area contributed by atoms with Crippen molar-refractivity contribution in [1.82, 2.24) is 5.32 Å². The van der Waals surface area contributed by atoms with Gasteiger partial charge in [0.15, 0.2) is 0 Å². The molecule has 0 aliphatic rings. The van der Waals surface area contributed by atoms with Gasteiger partial charge in [-0.05, 0) is 44.1 Å². The maximum atomic E-state index is 13.5. The Bertz CT molecular complexity index is 508. The smallest absolute Gasteiger partial charge is 0.232 e. The molecule has 0 saturated heterocycles. The van der Waals surface area contributed by atoms with E-state index < -0.39 is 15.8 Å². The van der Waals surface area contributed by atoms with Gasteiger partial charge in [-0.1, -0.05) is 22.9 Å². The van der Waals surface area contributed by atoms with E-state index in [2.05, 4.69) is 26.0 Å². The fourth-order valence-corrected chi connectivity index (χ4v) is 2.94. The highest BCUT2D eigenvalue weighted by Crippen LogP contribution is 2.20. The van der Waals surface area contributed by atoms with Crippen LogP contribution >= 0.6 is 15.9 Å². The second kappa shape index (κ2) is 7.81. The molecule has 7 heteroatoms. The number of halogens is 2. The molecule has 0 heterocycles. The van der Waals surface area contributed by atoms with E-state index >= 15 is 0 Å². The van der Waals surface area contributed by atoms with Crippen molar-refractivity contribution in [2.45, 2.75) is 19.8 Å². The lowest BCUT2D eigenvalue weighted by Gasteiger charge is -2.09. The predicted molar refractivity (Wildman–Crippen MR) is 79.3 cm³/mol. The number of hydrogen-bond acceptors (Lipinski definition) is 3. The zero-order chi connectivity index (χ0) is 14.3. The third-order valence-electron chi connectivity index (χ3n) is 2.39. The van der Waals surface area contributed by atoms with Crippen molar-refractivity contribution in [3.8, 4) is 0 Å². The van der Waals surface area contributed by atoms with Gasteiger partial charge in [0, 0.05) is 4.47 Å². The Hall–Kier alpha value is -0.660. The van der Waals surface area contributed by atoms with Crippen LogP contribution in [-0.4, -0.2) is 27.3 Å². The molecule has 0 unspecified atom stereocenters. The van der Waals surface area contributed by atoms with Crippen molar-refractivity contribution in [2.24, 2.45) is 0 Å². The molecule has 0 atom stereocenters. The molecule has 108 valence electrons. The molecule has 0 aromatic heterocycles. The van der Waals surface area contributed by atoms with Gasteiger partial charge in [-0.3, -0.25) is 4.72 Å². The minimum atomic E-state index is -3.50. The van der Waals surface area contributed by atoms with Crippen LogP contribution in [0, 0.1) is 5.82 Å². The summed E-state index contributed by atoms with van der Waals surface area (Å²) in [5.41, 5.74) is -0.0234. The first-order chi connectivity index (χ1) is 8.94. The van der Waals surface area contributed by atoms with Gasteiger partial charge in [-0.2, -0.15) is 0 Å². The van der Waals surface area contributed by atoms with Crippen LogP contribution in [0.1, 0.15) is 19.8 Å². The van der Waals surface area contributed by atoms with Crippen LogP contribution in [0.15, 0.2) is 22.7 Å². The number of sulfonamides is 1. The van der Waals surface area contributed by atoms with Crippen molar-refractivity contribution in [1.29, 1.82) is 0 Å². The second-order valence-electron chi connectivity index (χ2n) is 4.15. The van der Waals surface area contributed by atoms with Gasteiger partial charge in [-0.25, -0.2) is 12.8 Å². The van der Waals surface area contributed by atoms with Crippen LogP contribution < -0.4 is 10.0 Å². The molecule has 0 amide bonds. The summed E-state index contributed by atoms with van der Waals surface area (Å²) in [7, 11) is -3.50. The minimum Gasteiger partial charge on any atom is -0.317 e. The molecule has 0 spiro atoms. The first-order valence-corrected chi connectivity index (χ1v) is 8.55. The Balaban J connectivity index is 2.50. The Kier molecular flexibility index (Phi) is 6.74. The number of hydrogen-bond donors (Lipinski definition) is 2. The normalized spacial score (nSPS) is 11.5. The fourth-order valence-electron chi connectivity index (χ4n) is 1.48. The van der Waals surface area contributed by atoms with Crippen molar-refractivity contribution in [3.05, 3.63) is 28.5 Å². The minimum absolute atomic E-state index is 0.0234. The number of benzene rings is 1. The van der Waals surface area contributed by atoms with Crippen LogP contribution in [0.4, 0.5) is 10.1 Å². The summed E-state index contributed by atoms with van der Waals surface area (Å²) in [6, 6.07) is 4.21. The molecule has 0 radical (unpaired) electrons. The van der Waals surface area contributed by atoms with Gasteiger partial charge in [0.2, 0.25) is 10.0 Å². The largest absolute Gasteiger partial charge is 0.317 e. The SMILES string of the molecule is CCCNCCCS(=O)(=O)Nc1ccc(Br)cc1F. The van der Waals surface area contributed by atoms with E-state index in [1.54, 1.807) is 6.07 Å². The molecule has 2 N–H and O–H groups in total. The second-order valence-corrected chi connectivity index (χ2v) is 6.91. The number of rotatable bonds is 8. The van der Waals surface area contributed by atoms with E-state index in [0.717, 1.165) is 13.0 Å². The van der Waals surface area contributed by atoms with Gasteiger partial charge in [0.25, 0.3) is 0 Å². The summed E-state index contributed by atoms with van der Waals surface area (Å²) in [6.07, 6.45) is 1.50. The maximum absolute atomic E-state index is 13.5. The quantitative estimate of drug-likeness (QED) is 0.707. The molecule has 0 fully saturated rings. The molecular weight excluding hydrogens is 335 g/mol. The molecule has 0 bridgehead atoms. The average Bonchev–Trinajstić information content (AvgIpc) is 2.32. The van der Waals surface area contributed by atoms with Crippen LogP contribution in [0.2, 0.25) is 0 Å². The summed E-state index contributed by atoms with van der Waals surface area (Å²) in [5.74, 6) is -0.624. The summed E-state index contributed by atoms with van der Waals surface area (Å²) in [6.45, 7) is 3.55. The average molecular weight is 353 g/mol. The molecule has 19 heavy (non-hydrogen) atoms. The summed E-state index contributed by atoms with van der Waals surface area (Å²) in [5, 5.41) is 3.12. The third-order valence-corrected chi connectivity index (χ3v) is 4.24. The van der Waals surface area contributed by atoms with Gasteiger partial charge >= 0.3 is 0 Å². The van der Waals surface area contributed by atoms with E-state index in [0.29, 0.717) is 17.4 Å². The zero-order valence-corrected chi connectivity index (χ0v) is 13.2. The van der Waals surface area contributed by atoms with E-state index in [-0.39, 0.29) is 11.4 Å². The molecule has 4 nitrogen and oxygen atoms in total. The Morgan fingerprint density at radius 1 is 1.32 bits per heavy atom. The Morgan fingerprint density at radius 2 is 2.05 bits per heavy atom. The maximum Gasteiger partial charge on any atom is 0.232 e. The van der Waals surface area contributed by atoms with Crippen LogP contribution in [0.25, 0.3) is 0 Å². The highest BCUT2D eigenvalue weighted by atomic mass is 79.9. The lowest BCUT2D eigenvalue weighted by atomic mass is 10.3. The summed E-state index contributed by atoms with van der Waals surface area (Å²) >= 11 is 3.12. The van der Waals surface area contributed by atoms with Gasteiger partial charge in [0.05, 0.1) is 11.4 Å². The van der Waals surface area contributed by atoms with Crippen molar-refractivity contribution in [2.75, 3.05) is 23.6 Å². The van der Waals surface area contributed by atoms with Crippen molar-refractivity contribution >= 4 is 31.6 Å². The standard InChI is InChI=1S/C12H18BrFN2O2S/c1-2-6-15-7-3-8-19(17,18)16-12-5-4-10(13)9-11(12)14/h4-5,9,15-16H,2-3,6-8H2,1H3. The van der Waals surface area contributed by atoms with E-state index in [9.17, 15) is 12.8 Å². The van der Waals surface area contributed by atoms with E-state index in [1.807, 2.05) is 6.92 Å². The molecule has 0 aliphatic heterocycles. The third kappa shape index (κ3) is 6.35. The van der Waals surface area contributed by atoms with Crippen LogP contribution in [0.3, 0.4) is 0 Å². The molecule has 0 saturated carbocycles. The predicted octanol–water partition coefficient (Wildman–Crippen LogP) is 2.72. The molecule has 1 rings (SSSR count). The Morgan fingerprint density at radius 3 is 2.68 bits per heavy atom. The molecular formula is C12H18BrFN2O2S. The number of nitrogens with one attached hydrogen (secondary N) is 2. The van der Waals surface area contributed by atoms with Crippen LogP contribution in [0.5, 0.6) is 0 Å². The molecule has 1 aromatic carbocycles. The molecule has 1 aromatic rings. The van der Waals surface area contributed by atoms with Crippen molar-refractivity contribution in [3.63, 3.8) is 0 Å². The topological polar surface area (TPSA) is 58.2 Å². The van der Waals surface area contributed by atoms with Gasteiger partial charge in [-0.15, -0.1) is 0 Å². The van der Waals surface area contributed by atoms with E-state index in [1.165, 1.54) is 12.1 Å². The van der Waals surface area contributed by atoms with Gasteiger partial charge < -0.3 is 5.32 Å². The number of anilines is 1. The highest BCUT2D eigenvalue weighted by Gasteiger charge is 2.12. The lowest BCUT2D eigenvalue weighted by molar-refractivity contribution is 0.591. The van der Waals surface area contributed by atoms with Crippen LogP contribution in [-0.2, 0) is 10.0 Å². The first-order valence-electron chi connectivity index (χ1n) is 6.11. The fraction of sp³-hybridized carbons (Fsp3) is 0.500. The lowest BCUT2D eigenvalue weighted by Crippen LogP contribution is -2.22. The highest BCUT2D eigenvalue weighted by molar-refractivity contribution is 9.10. The first kappa shape index (κ1) is 16.4. The zero-order valence-electron chi connectivity index (χ0n) is 10.7. The Labute approximate surface area is 122 Å². The van der Waals surface area contributed by atoms with E-state index in [4.69, 9.17) is 0 Å². The monoisotopic (exact) mass is 352 g/mol. The summed E-state index contributed by atoms with van der Waals surface area (Å²) in [4.78, 5) is 0. The van der Waals surface area contributed by atoms with Gasteiger partial charge in [0.1, 0.15) is 5.82 Å². The molecule has 0 aliphatic carbocycles. The van der Waals surface area contributed by atoms with Crippen molar-refractivity contribution < 1.29 is 12.8 Å². The summed E-state index contributed by atoms with van der Waals surface area (Å²) < 4.78 is 39.8.